The van der Waals surface area contributed by atoms with E-state index in [1.54, 1.807) is 17.3 Å². The number of aromatic amines is 1. The Morgan fingerprint density at radius 1 is 1.45 bits per heavy atom. The number of amides is 2. The van der Waals surface area contributed by atoms with Crippen molar-refractivity contribution < 1.29 is 14.7 Å². The van der Waals surface area contributed by atoms with Crippen LogP contribution in [0, 0.1) is 0 Å². The van der Waals surface area contributed by atoms with Crippen LogP contribution in [0.5, 0.6) is 0 Å². The van der Waals surface area contributed by atoms with Crippen molar-refractivity contribution in [2.45, 2.75) is 13.0 Å². The van der Waals surface area contributed by atoms with Crippen LogP contribution in [0.3, 0.4) is 0 Å². The molecule has 1 aliphatic heterocycles. The molecule has 8 nitrogen and oxygen atoms in total. The highest BCUT2D eigenvalue weighted by Gasteiger charge is 2.23. The lowest BCUT2D eigenvalue weighted by Crippen LogP contribution is -2.52. The molecule has 1 aromatic rings. The van der Waals surface area contributed by atoms with E-state index in [0.717, 1.165) is 0 Å². The largest absolute Gasteiger partial charge is 0.480 e. The lowest BCUT2D eigenvalue weighted by atomic mass is 10.3. The van der Waals surface area contributed by atoms with Crippen LogP contribution in [0.1, 0.15) is 18.8 Å². The normalized spacial score (nSPS) is 17.8. The third-order valence-electron chi connectivity index (χ3n) is 3.29. The first-order valence-corrected chi connectivity index (χ1v) is 6.55. The van der Waals surface area contributed by atoms with Gasteiger partial charge in [-0.05, 0) is 6.92 Å². The fraction of sp³-hybridized carbons (Fsp3) is 0.583. The number of piperazine rings is 1. The quantitative estimate of drug-likeness (QED) is 0.714. The fourth-order valence-electron chi connectivity index (χ4n) is 2.16. The lowest BCUT2D eigenvalue weighted by Gasteiger charge is -2.34. The number of urea groups is 1. The van der Waals surface area contributed by atoms with Gasteiger partial charge in [-0.15, -0.1) is 0 Å². The third kappa shape index (κ3) is 3.70. The number of carbonyl (C=O) groups excluding carboxylic acids is 1. The van der Waals surface area contributed by atoms with E-state index in [1.807, 2.05) is 11.8 Å². The topological polar surface area (TPSA) is 102 Å². The Kier molecular flexibility index (Phi) is 4.57. The van der Waals surface area contributed by atoms with E-state index in [0.29, 0.717) is 32.0 Å². The first kappa shape index (κ1) is 14.3. The van der Waals surface area contributed by atoms with Crippen LogP contribution >= 0.6 is 0 Å². The van der Waals surface area contributed by atoms with Crippen LogP contribution in [0.25, 0.3) is 0 Å². The van der Waals surface area contributed by atoms with Gasteiger partial charge in [-0.25, -0.2) is 9.78 Å². The van der Waals surface area contributed by atoms with Crippen LogP contribution in [0.15, 0.2) is 12.4 Å². The SMILES string of the molecule is CC(NC(=O)N1CCN(CC(=O)O)CC1)c1ncc[nH]1. The third-order valence-corrected chi connectivity index (χ3v) is 3.29. The number of rotatable bonds is 4. The van der Waals surface area contributed by atoms with Gasteiger partial charge in [-0.1, -0.05) is 0 Å². The Balaban J connectivity index is 1.78. The van der Waals surface area contributed by atoms with Gasteiger partial charge < -0.3 is 20.3 Å². The summed E-state index contributed by atoms with van der Waals surface area (Å²) in [5.74, 6) is -0.128. The number of imidazole rings is 1. The molecule has 1 atom stereocenters. The van der Waals surface area contributed by atoms with Crippen molar-refractivity contribution in [2.75, 3.05) is 32.7 Å². The van der Waals surface area contributed by atoms with E-state index in [1.165, 1.54) is 0 Å². The summed E-state index contributed by atoms with van der Waals surface area (Å²) in [7, 11) is 0. The second-order valence-electron chi connectivity index (χ2n) is 4.80. The van der Waals surface area contributed by atoms with Gasteiger partial charge in [0.1, 0.15) is 5.82 Å². The van der Waals surface area contributed by atoms with E-state index >= 15 is 0 Å². The first-order valence-electron chi connectivity index (χ1n) is 6.55. The minimum Gasteiger partial charge on any atom is -0.480 e. The van der Waals surface area contributed by atoms with Crippen molar-refractivity contribution in [1.29, 1.82) is 0 Å². The monoisotopic (exact) mass is 281 g/mol. The molecule has 0 bridgehead atoms. The molecule has 1 aromatic heterocycles. The van der Waals surface area contributed by atoms with Crippen molar-refractivity contribution in [1.82, 2.24) is 25.1 Å². The lowest BCUT2D eigenvalue weighted by molar-refractivity contribution is -0.138. The van der Waals surface area contributed by atoms with Crippen LogP contribution in [0.4, 0.5) is 4.79 Å². The van der Waals surface area contributed by atoms with Gasteiger partial charge in [0.05, 0.1) is 12.6 Å². The summed E-state index contributed by atoms with van der Waals surface area (Å²) < 4.78 is 0. The molecule has 0 aromatic carbocycles. The summed E-state index contributed by atoms with van der Waals surface area (Å²) in [4.78, 5) is 33.3. The molecule has 8 heteroatoms. The molecule has 0 radical (unpaired) electrons. The van der Waals surface area contributed by atoms with Gasteiger partial charge in [0.15, 0.2) is 0 Å². The van der Waals surface area contributed by atoms with Crippen molar-refractivity contribution in [2.24, 2.45) is 0 Å². The molecule has 2 rings (SSSR count). The molecule has 1 saturated heterocycles. The molecule has 1 fully saturated rings. The predicted molar refractivity (Wildman–Crippen MR) is 71.2 cm³/mol. The molecule has 0 spiro atoms. The average Bonchev–Trinajstić information content (AvgIpc) is 2.92. The summed E-state index contributed by atoms with van der Waals surface area (Å²) in [5, 5.41) is 11.6. The van der Waals surface area contributed by atoms with E-state index in [4.69, 9.17) is 5.11 Å². The average molecular weight is 281 g/mol. The number of hydrogen-bond donors (Lipinski definition) is 3. The maximum atomic E-state index is 12.1. The maximum absolute atomic E-state index is 12.1. The van der Waals surface area contributed by atoms with E-state index < -0.39 is 5.97 Å². The molecule has 20 heavy (non-hydrogen) atoms. The van der Waals surface area contributed by atoms with E-state index in [-0.39, 0.29) is 18.6 Å². The Morgan fingerprint density at radius 3 is 2.70 bits per heavy atom. The molecule has 3 N–H and O–H groups in total. The van der Waals surface area contributed by atoms with Crippen molar-refractivity contribution in [3.8, 4) is 0 Å². The number of carbonyl (C=O) groups is 2. The maximum Gasteiger partial charge on any atom is 0.318 e. The first-order chi connectivity index (χ1) is 9.56. The second-order valence-corrected chi connectivity index (χ2v) is 4.80. The standard InChI is InChI=1S/C12H19N5O3/c1-9(11-13-2-3-14-11)15-12(20)17-6-4-16(5-7-17)8-10(18)19/h2-3,9H,4-8H2,1H3,(H,13,14)(H,15,20)(H,18,19). The Morgan fingerprint density at radius 2 is 2.15 bits per heavy atom. The molecule has 2 heterocycles. The Hall–Kier alpha value is -2.09. The zero-order valence-electron chi connectivity index (χ0n) is 11.4. The number of hydrogen-bond acceptors (Lipinski definition) is 4. The minimum atomic E-state index is -0.839. The zero-order valence-corrected chi connectivity index (χ0v) is 11.4. The molecule has 110 valence electrons. The number of aromatic nitrogens is 2. The number of nitrogens with one attached hydrogen (secondary N) is 2. The van der Waals surface area contributed by atoms with Crippen LogP contribution in [0.2, 0.25) is 0 Å². The van der Waals surface area contributed by atoms with Gasteiger partial charge >= 0.3 is 12.0 Å². The van der Waals surface area contributed by atoms with Gasteiger partial charge in [0.2, 0.25) is 0 Å². The van der Waals surface area contributed by atoms with Crippen LogP contribution < -0.4 is 5.32 Å². The predicted octanol–water partition coefficient (Wildman–Crippen LogP) is -0.117. The van der Waals surface area contributed by atoms with Gasteiger partial charge in [0, 0.05) is 38.6 Å². The molecular weight excluding hydrogens is 262 g/mol. The number of carboxylic acids is 1. The minimum absolute atomic E-state index is 0.0260. The fourth-order valence-corrected chi connectivity index (χ4v) is 2.16. The summed E-state index contributed by atoms with van der Waals surface area (Å²) in [6.07, 6.45) is 3.35. The zero-order chi connectivity index (χ0) is 14.5. The molecule has 2 amide bonds. The summed E-state index contributed by atoms with van der Waals surface area (Å²) in [6.45, 7) is 4.10. The van der Waals surface area contributed by atoms with Gasteiger partial charge in [-0.3, -0.25) is 9.69 Å². The Bertz CT molecular complexity index is 454. The number of H-pyrrole nitrogens is 1. The highest BCUT2D eigenvalue weighted by Crippen LogP contribution is 2.08. The van der Waals surface area contributed by atoms with Gasteiger partial charge in [-0.2, -0.15) is 0 Å². The van der Waals surface area contributed by atoms with Crippen molar-refractivity contribution in [3.63, 3.8) is 0 Å². The number of aliphatic carboxylic acids is 1. The van der Waals surface area contributed by atoms with E-state index in [2.05, 4.69) is 15.3 Å². The summed E-state index contributed by atoms with van der Waals surface area (Å²) in [6, 6.07) is -0.335. The molecular formula is C12H19N5O3. The number of carboxylic acid groups (broad SMARTS) is 1. The highest BCUT2D eigenvalue weighted by atomic mass is 16.4. The molecule has 0 saturated carbocycles. The smallest absolute Gasteiger partial charge is 0.318 e. The van der Waals surface area contributed by atoms with Crippen molar-refractivity contribution in [3.05, 3.63) is 18.2 Å². The summed E-state index contributed by atoms with van der Waals surface area (Å²) in [5.41, 5.74) is 0. The number of nitrogens with zero attached hydrogens (tertiary/aromatic N) is 3. The van der Waals surface area contributed by atoms with Crippen molar-refractivity contribution >= 4 is 12.0 Å². The van der Waals surface area contributed by atoms with Crippen LogP contribution in [-0.4, -0.2) is 69.6 Å². The molecule has 1 unspecified atom stereocenters. The van der Waals surface area contributed by atoms with Crippen LogP contribution in [-0.2, 0) is 4.79 Å². The van der Waals surface area contributed by atoms with E-state index in [9.17, 15) is 9.59 Å². The highest BCUT2D eigenvalue weighted by molar-refractivity contribution is 5.74. The second kappa shape index (κ2) is 6.38. The molecule has 1 aliphatic rings. The van der Waals surface area contributed by atoms with Gasteiger partial charge in [0.25, 0.3) is 0 Å². The Labute approximate surface area is 116 Å². The molecule has 0 aliphatic carbocycles. The summed E-state index contributed by atoms with van der Waals surface area (Å²) >= 11 is 0.